The summed E-state index contributed by atoms with van der Waals surface area (Å²) < 4.78 is 0. The first-order valence-electron chi connectivity index (χ1n) is 5.72. The molecule has 1 rings (SSSR count). The second-order valence-corrected chi connectivity index (χ2v) is 5.81. The monoisotopic (exact) mass is 216 g/mol. The summed E-state index contributed by atoms with van der Waals surface area (Å²) in [5, 5.41) is 3.50. The van der Waals surface area contributed by atoms with Crippen LogP contribution in [0.1, 0.15) is 20.8 Å². The minimum atomic E-state index is 0.620. The lowest BCUT2D eigenvalue weighted by molar-refractivity contribution is 0.254. The van der Waals surface area contributed by atoms with Crippen molar-refractivity contribution in [3.05, 3.63) is 0 Å². The number of rotatable bonds is 5. The highest BCUT2D eigenvalue weighted by molar-refractivity contribution is 7.99. The normalized spacial score (nSPS) is 21.4. The molecule has 0 bridgehead atoms. The van der Waals surface area contributed by atoms with Gasteiger partial charge >= 0.3 is 0 Å². The molecule has 0 aromatic heterocycles. The summed E-state index contributed by atoms with van der Waals surface area (Å²) in [4.78, 5) is 2.60. The van der Waals surface area contributed by atoms with E-state index in [2.05, 4.69) is 42.7 Å². The fourth-order valence-electron chi connectivity index (χ4n) is 1.73. The third-order valence-electron chi connectivity index (χ3n) is 2.55. The summed E-state index contributed by atoms with van der Waals surface area (Å²) in [5.74, 6) is 3.43. The van der Waals surface area contributed by atoms with Crippen LogP contribution in [-0.2, 0) is 0 Å². The van der Waals surface area contributed by atoms with E-state index in [1.54, 1.807) is 0 Å². The van der Waals surface area contributed by atoms with Gasteiger partial charge in [0.1, 0.15) is 0 Å². The van der Waals surface area contributed by atoms with Gasteiger partial charge in [0.15, 0.2) is 0 Å². The van der Waals surface area contributed by atoms with Crippen molar-refractivity contribution in [3.63, 3.8) is 0 Å². The fourth-order valence-corrected chi connectivity index (χ4v) is 2.70. The van der Waals surface area contributed by atoms with Crippen molar-refractivity contribution in [2.45, 2.75) is 26.8 Å². The average Bonchev–Trinajstić information content (AvgIpc) is 2.16. The minimum Gasteiger partial charge on any atom is -0.314 e. The van der Waals surface area contributed by atoms with E-state index in [1.165, 1.54) is 31.1 Å². The number of hydrogen-bond donors (Lipinski definition) is 1. The number of thioether (sulfide) groups is 1. The Morgan fingerprint density at radius 3 is 2.43 bits per heavy atom. The maximum atomic E-state index is 3.50. The molecule has 84 valence electrons. The van der Waals surface area contributed by atoms with Gasteiger partial charge in [-0.15, -0.1) is 0 Å². The molecule has 0 aromatic carbocycles. The molecule has 0 aliphatic carbocycles. The van der Waals surface area contributed by atoms with Crippen LogP contribution in [0, 0.1) is 5.92 Å². The van der Waals surface area contributed by atoms with Crippen LogP contribution < -0.4 is 5.32 Å². The molecule has 2 nitrogen and oxygen atoms in total. The van der Waals surface area contributed by atoms with Gasteiger partial charge in [-0.05, 0) is 12.5 Å². The zero-order valence-electron chi connectivity index (χ0n) is 9.75. The van der Waals surface area contributed by atoms with E-state index >= 15 is 0 Å². The molecule has 0 aromatic rings. The van der Waals surface area contributed by atoms with E-state index in [9.17, 15) is 0 Å². The van der Waals surface area contributed by atoms with Gasteiger partial charge < -0.3 is 10.2 Å². The van der Waals surface area contributed by atoms with E-state index < -0.39 is 0 Å². The van der Waals surface area contributed by atoms with Gasteiger partial charge in [0, 0.05) is 37.2 Å². The third-order valence-corrected chi connectivity index (χ3v) is 3.49. The van der Waals surface area contributed by atoms with E-state index in [-0.39, 0.29) is 0 Å². The summed E-state index contributed by atoms with van der Waals surface area (Å²) in [6.45, 7) is 11.8. The van der Waals surface area contributed by atoms with Crippen LogP contribution in [0.2, 0.25) is 0 Å². The molecule has 0 spiro atoms. The van der Waals surface area contributed by atoms with Crippen molar-refractivity contribution in [1.29, 1.82) is 0 Å². The fraction of sp³-hybridized carbons (Fsp3) is 1.00. The second-order valence-electron chi connectivity index (χ2n) is 4.58. The molecule has 1 aliphatic rings. The second kappa shape index (κ2) is 6.70. The Bertz CT molecular complexity index is 144. The standard InChI is InChI=1S/C11H24N2S/c1-10(2)12-8-11(3)9-13-4-6-14-7-5-13/h10-12H,4-9H2,1-3H3. The van der Waals surface area contributed by atoms with Crippen molar-refractivity contribution in [2.75, 3.05) is 37.7 Å². The molecule has 1 aliphatic heterocycles. The maximum Gasteiger partial charge on any atom is 0.00728 e. The number of hydrogen-bond acceptors (Lipinski definition) is 3. The summed E-state index contributed by atoms with van der Waals surface area (Å²) in [6, 6.07) is 0.620. The van der Waals surface area contributed by atoms with Gasteiger partial charge in [-0.25, -0.2) is 0 Å². The number of nitrogens with one attached hydrogen (secondary N) is 1. The minimum absolute atomic E-state index is 0.620. The average molecular weight is 216 g/mol. The highest BCUT2D eigenvalue weighted by Gasteiger charge is 2.13. The molecule has 14 heavy (non-hydrogen) atoms. The molecule has 1 unspecified atom stereocenters. The van der Waals surface area contributed by atoms with Gasteiger partial charge in [0.05, 0.1) is 0 Å². The Labute approximate surface area is 92.8 Å². The van der Waals surface area contributed by atoms with Gasteiger partial charge in [-0.2, -0.15) is 11.8 Å². The Balaban J connectivity index is 2.09. The zero-order valence-corrected chi connectivity index (χ0v) is 10.6. The van der Waals surface area contributed by atoms with Crippen LogP contribution in [0.4, 0.5) is 0 Å². The SMILES string of the molecule is CC(CNC(C)C)CN1CCSCC1. The van der Waals surface area contributed by atoms with Crippen LogP contribution in [-0.4, -0.2) is 48.6 Å². The highest BCUT2D eigenvalue weighted by atomic mass is 32.2. The van der Waals surface area contributed by atoms with Gasteiger partial charge in [0.25, 0.3) is 0 Å². The van der Waals surface area contributed by atoms with E-state index in [0.717, 1.165) is 12.5 Å². The Hall–Kier alpha value is 0.270. The smallest absolute Gasteiger partial charge is 0.00728 e. The van der Waals surface area contributed by atoms with E-state index in [1.807, 2.05) is 0 Å². The predicted octanol–water partition coefficient (Wildman–Crippen LogP) is 1.67. The lowest BCUT2D eigenvalue weighted by Gasteiger charge is -2.29. The molecular weight excluding hydrogens is 192 g/mol. The lowest BCUT2D eigenvalue weighted by Crippen LogP contribution is -2.39. The molecule has 1 atom stereocenters. The third kappa shape index (κ3) is 5.23. The summed E-state index contributed by atoms with van der Waals surface area (Å²) in [6.07, 6.45) is 0. The topological polar surface area (TPSA) is 15.3 Å². The quantitative estimate of drug-likeness (QED) is 0.752. The first kappa shape index (κ1) is 12.3. The Kier molecular flexibility index (Phi) is 5.90. The van der Waals surface area contributed by atoms with E-state index in [0.29, 0.717) is 6.04 Å². The molecule has 1 fully saturated rings. The maximum absolute atomic E-state index is 3.50. The molecule has 1 saturated heterocycles. The van der Waals surface area contributed by atoms with Crippen molar-refractivity contribution in [3.8, 4) is 0 Å². The molecule has 3 heteroatoms. The van der Waals surface area contributed by atoms with Crippen molar-refractivity contribution in [1.82, 2.24) is 10.2 Å². The molecule has 0 saturated carbocycles. The molecule has 0 radical (unpaired) electrons. The van der Waals surface area contributed by atoms with Gasteiger partial charge in [-0.1, -0.05) is 20.8 Å². The van der Waals surface area contributed by atoms with Crippen LogP contribution >= 0.6 is 11.8 Å². The van der Waals surface area contributed by atoms with Crippen molar-refractivity contribution in [2.24, 2.45) is 5.92 Å². The lowest BCUT2D eigenvalue weighted by atomic mass is 10.1. The molecule has 1 heterocycles. The summed E-state index contributed by atoms with van der Waals surface area (Å²) in [5.41, 5.74) is 0. The van der Waals surface area contributed by atoms with Gasteiger partial charge in [0.2, 0.25) is 0 Å². The zero-order chi connectivity index (χ0) is 10.4. The first-order valence-corrected chi connectivity index (χ1v) is 6.87. The summed E-state index contributed by atoms with van der Waals surface area (Å²) in [7, 11) is 0. The summed E-state index contributed by atoms with van der Waals surface area (Å²) >= 11 is 2.09. The van der Waals surface area contributed by atoms with Gasteiger partial charge in [-0.3, -0.25) is 0 Å². The van der Waals surface area contributed by atoms with Crippen molar-refractivity contribution >= 4 is 11.8 Å². The molecule has 0 amide bonds. The first-order chi connectivity index (χ1) is 6.68. The predicted molar refractivity (Wildman–Crippen MR) is 66.1 cm³/mol. The van der Waals surface area contributed by atoms with Crippen LogP contribution in [0.3, 0.4) is 0 Å². The Morgan fingerprint density at radius 2 is 1.86 bits per heavy atom. The molecule has 1 N–H and O–H groups in total. The molecular formula is C11H24N2S. The van der Waals surface area contributed by atoms with Crippen molar-refractivity contribution < 1.29 is 0 Å². The largest absolute Gasteiger partial charge is 0.314 e. The van der Waals surface area contributed by atoms with E-state index in [4.69, 9.17) is 0 Å². The van der Waals surface area contributed by atoms with Crippen LogP contribution in [0.25, 0.3) is 0 Å². The Morgan fingerprint density at radius 1 is 1.21 bits per heavy atom. The highest BCUT2D eigenvalue weighted by Crippen LogP contribution is 2.10. The van der Waals surface area contributed by atoms with Crippen LogP contribution in [0.15, 0.2) is 0 Å². The van der Waals surface area contributed by atoms with Crippen LogP contribution in [0.5, 0.6) is 0 Å². The number of nitrogens with zero attached hydrogens (tertiary/aromatic N) is 1.